The van der Waals surface area contributed by atoms with Crippen molar-refractivity contribution in [1.82, 2.24) is 5.32 Å². The Morgan fingerprint density at radius 1 is 1.14 bits per heavy atom. The van der Waals surface area contributed by atoms with E-state index in [1.807, 2.05) is 12.1 Å². The van der Waals surface area contributed by atoms with Gasteiger partial charge < -0.3 is 15.2 Å². The first-order valence-electron chi connectivity index (χ1n) is 7.39. The van der Waals surface area contributed by atoms with Gasteiger partial charge in [-0.05, 0) is 23.4 Å². The molecule has 0 unspecified atom stereocenters. The van der Waals surface area contributed by atoms with E-state index in [0.29, 0.717) is 12.0 Å². The lowest BCUT2D eigenvalue weighted by molar-refractivity contribution is 0.246. The molecule has 3 nitrogen and oxygen atoms in total. The van der Waals surface area contributed by atoms with Crippen LogP contribution < -0.4 is 10.1 Å². The molecule has 0 radical (unpaired) electrons. The van der Waals surface area contributed by atoms with Crippen molar-refractivity contribution in [2.24, 2.45) is 5.92 Å². The van der Waals surface area contributed by atoms with Crippen molar-refractivity contribution in [3.8, 4) is 5.75 Å². The fourth-order valence-corrected chi connectivity index (χ4v) is 2.97. The number of rotatable bonds is 5. The van der Waals surface area contributed by atoms with Crippen LogP contribution in [0, 0.1) is 5.92 Å². The average molecular weight is 283 g/mol. The van der Waals surface area contributed by atoms with E-state index in [1.165, 1.54) is 10.9 Å². The van der Waals surface area contributed by atoms with Crippen LogP contribution in [0.3, 0.4) is 0 Å². The second-order valence-corrected chi connectivity index (χ2v) is 5.52. The summed E-state index contributed by atoms with van der Waals surface area (Å²) in [7, 11) is 1.71. The SMILES string of the molecule is COc1ccc(CN[C@@H]2C=C[C@H](CO)C2)c2ccccc12. The number of hydrogen-bond acceptors (Lipinski definition) is 3. The second kappa shape index (κ2) is 6.29. The molecule has 2 N–H and O–H groups in total. The summed E-state index contributed by atoms with van der Waals surface area (Å²) in [6.45, 7) is 1.05. The van der Waals surface area contributed by atoms with Crippen molar-refractivity contribution < 1.29 is 9.84 Å². The lowest BCUT2D eigenvalue weighted by atomic mass is 10.0. The van der Waals surface area contributed by atoms with E-state index in [0.717, 1.165) is 24.1 Å². The summed E-state index contributed by atoms with van der Waals surface area (Å²) in [4.78, 5) is 0. The van der Waals surface area contributed by atoms with Gasteiger partial charge in [-0.2, -0.15) is 0 Å². The van der Waals surface area contributed by atoms with Gasteiger partial charge in [-0.1, -0.05) is 42.5 Å². The third-order valence-electron chi connectivity index (χ3n) is 4.16. The lowest BCUT2D eigenvalue weighted by Gasteiger charge is -2.15. The van der Waals surface area contributed by atoms with Crippen LogP contribution in [0.4, 0.5) is 0 Å². The van der Waals surface area contributed by atoms with Gasteiger partial charge in [0.05, 0.1) is 7.11 Å². The average Bonchev–Trinajstić information content (AvgIpc) is 3.00. The molecule has 0 fully saturated rings. The van der Waals surface area contributed by atoms with Crippen molar-refractivity contribution in [3.05, 3.63) is 54.1 Å². The molecule has 1 aliphatic carbocycles. The third kappa shape index (κ3) is 2.94. The predicted octanol–water partition coefficient (Wildman–Crippen LogP) is 2.88. The fourth-order valence-electron chi connectivity index (χ4n) is 2.97. The van der Waals surface area contributed by atoms with Crippen LogP contribution in [-0.4, -0.2) is 24.9 Å². The summed E-state index contributed by atoms with van der Waals surface area (Å²) in [5.74, 6) is 1.21. The van der Waals surface area contributed by atoms with E-state index >= 15 is 0 Å². The lowest BCUT2D eigenvalue weighted by Crippen LogP contribution is -2.26. The highest BCUT2D eigenvalue weighted by atomic mass is 16.5. The number of aliphatic hydroxyl groups excluding tert-OH is 1. The molecule has 0 spiro atoms. The zero-order valence-corrected chi connectivity index (χ0v) is 12.3. The summed E-state index contributed by atoms with van der Waals surface area (Å²) < 4.78 is 5.43. The summed E-state index contributed by atoms with van der Waals surface area (Å²) >= 11 is 0. The highest BCUT2D eigenvalue weighted by molar-refractivity contribution is 5.91. The molecule has 0 heterocycles. The maximum absolute atomic E-state index is 9.18. The van der Waals surface area contributed by atoms with Crippen molar-refractivity contribution in [2.75, 3.05) is 13.7 Å². The number of aliphatic hydroxyl groups is 1. The van der Waals surface area contributed by atoms with Gasteiger partial charge in [0.1, 0.15) is 5.75 Å². The van der Waals surface area contributed by atoms with Crippen LogP contribution in [0.1, 0.15) is 12.0 Å². The van der Waals surface area contributed by atoms with Crippen LogP contribution in [0.15, 0.2) is 48.6 Å². The fraction of sp³-hybridized carbons (Fsp3) is 0.333. The van der Waals surface area contributed by atoms with Gasteiger partial charge in [0.15, 0.2) is 0 Å². The van der Waals surface area contributed by atoms with E-state index < -0.39 is 0 Å². The zero-order chi connectivity index (χ0) is 14.7. The summed E-state index contributed by atoms with van der Waals surface area (Å²) in [5.41, 5.74) is 1.27. The largest absolute Gasteiger partial charge is 0.496 e. The number of methoxy groups -OCH3 is 1. The van der Waals surface area contributed by atoms with Gasteiger partial charge in [-0.3, -0.25) is 0 Å². The molecule has 1 aliphatic rings. The molecule has 0 aliphatic heterocycles. The Morgan fingerprint density at radius 3 is 2.67 bits per heavy atom. The van der Waals surface area contributed by atoms with Gasteiger partial charge >= 0.3 is 0 Å². The van der Waals surface area contributed by atoms with Gasteiger partial charge in [0.25, 0.3) is 0 Å². The molecule has 2 aromatic carbocycles. The highest BCUT2D eigenvalue weighted by Gasteiger charge is 2.17. The molecule has 3 rings (SSSR count). The van der Waals surface area contributed by atoms with Crippen molar-refractivity contribution >= 4 is 10.8 Å². The van der Waals surface area contributed by atoms with Crippen LogP contribution in [0.5, 0.6) is 5.75 Å². The quantitative estimate of drug-likeness (QED) is 0.829. The normalized spacial score (nSPS) is 21.0. The van der Waals surface area contributed by atoms with Crippen molar-refractivity contribution in [2.45, 2.75) is 19.0 Å². The second-order valence-electron chi connectivity index (χ2n) is 5.52. The minimum Gasteiger partial charge on any atom is -0.496 e. The maximum Gasteiger partial charge on any atom is 0.126 e. The number of hydrogen-bond donors (Lipinski definition) is 2. The molecule has 2 aromatic rings. The van der Waals surface area contributed by atoms with Gasteiger partial charge in [0, 0.05) is 30.5 Å². The van der Waals surface area contributed by atoms with E-state index in [1.54, 1.807) is 7.11 Å². The first-order valence-corrected chi connectivity index (χ1v) is 7.39. The number of ether oxygens (including phenoxy) is 1. The Hall–Kier alpha value is -1.84. The van der Waals surface area contributed by atoms with Crippen molar-refractivity contribution in [1.29, 1.82) is 0 Å². The molecule has 0 amide bonds. The Bertz CT molecular complexity index is 651. The standard InChI is InChI=1S/C18H21NO2/c1-21-18-9-7-14(16-4-2-3-5-17(16)18)11-19-15-8-6-13(10-15)12-20/h2-9,13,15,19-20H,10-12H2,1H3/t13-,15+/m0/s1. The molecule has 0 bridgehead atoms. The molecule has 3 heteroatoms. The Labute approximate surface area is 125 Å². The molecular formula is C18H21NO2. The number of fused-ring (bicyclic) bond motifs is 1. The summed E-state index contributed by atoms with van der Waals surface area (Å²) in [6.07, 6.45) is 5.24. The Kier molecular flexibility index (Phi) is 4.23. The summed E-state index contributed by atoms with van der Waals surface area (Å²) in [6, 6.07) is 12.8. The van der Waals surface area contributed by atoms with Crippen LogP contribution in [0.25, 0.3) is 10.8 Å². The Balaban J connectivity index is 1.77. The predicted molar refractivity (Wildman–Crippen MR) is 85.5 cm³/mol. The minimum absolute atomic E-state index is 0.236. The Morgan fingerprint density at radius 2 is 1.95 bits per heavy atom. The first kappa shape index (κ1) is 14.1. The van der Waals surface area contributed by atoms with E-state index in [2.05, 4.69) is 41.7 Å². The molecule has 0 saturated heterocycles. The van der Waals surface area contributed by atoms with E-state index in [4.69, 9.17) is 4.74 Å². The summed E-state index contributed by atoms with van der Waals surface area (Å²) in [5, 5.41) is 15.1. The number of benzene rings is 2. The minimum atomic E-state index is 0.236. The molecule has 0 saturated carbocycles. The molecule has 110 valence electrons. The topological polar surface area (TPSA) is 41.5 Å². The molecular weight excluding hydrogens is 262 g/mol. The zero-order valence-electron chi connectivity index (χ0n) is 12.3. The molecule has 2 atom stereocenters. The van der Waals surface area contributed by atoms with E-state index in [-0.39, 0.29) is 6.61 Å². The third-order valence-corrected chi connectivity index (χ3v) is 4.16. The molecule has 21 heavy (non-hydrogen) atoms. The van der Waals surface area contributed by atoms with Gasteiger partial charge in [-0.15, -0.1) is 0 Å². The van der Waals surface area contributed by atoms with Crippen molar-refractivity contribution in [3.63, 3.8) is 0 Å². The van der Waals surface area contributed by atoms with Crippen LogP contribution in [0.2, 0.25) is 0 Å². The number of nitrogens with one attached hydrogen (secondary N) is 1. The van der Waals surface area contributed by atoms with Gasteiger partial charge in [0.2, 0.25) is 0 Å². The molecule has 0 aromatic heterocycles. The van der Waals surface area contributed by atoms with Crippen LogP contribution >= 0.6 is 0 Å². The monoisotopic (exact) mass is 283 g/mol. The van der Waals surface area contributed by atoms with Crippen LogP contribution in [-0.2, 0) is 6.54 Å². The van der Waals surface area contributed by atoms with Gasteiger partial charge in [-0.25, -0.2) is 0 Å². The smallest absolute Gasteiger partial charge is 0.126 e. The first-order chi connectivity index (χ1) is 10.3. The highest BCUT2D eigenvalue weighted by Crippen LogP contribution is 2.28. The maximum atomic E-state index is 9.18. The van der Waals surface area contributed by atoms with E-state index in [9.17, 15) is 5.11 Å².